The van der Waals surface area contributed by atoms with Crippen molar-refractivity contribution >= 4 is 16.7 Å². The van der Waals surface area contributed by atoms with Gasteiger partial charge in [-0.3, -0.25) is 10.1 Å². The molecule has 0 N–H and O–H groups in total. The van der Waals surface area contributed by atoms with Gasteiger partial charge in [0.15, 0.2) is 0 Å². The Labute approximate surface area is 115 Å². The van der Waals surface area contributed by atoms with E-state index in [-0.39, 0.29) is 10.6 Å². The zero-order valence-electron chi connectivity index (χ0n) is 10.8. The lowest BCUT2D eigenvalue weighted by Gasteiger charge is -2.05. The van der Waals surface area contributed by atoms with E-state index in [2.05, 4.69) is 4.98 Å². The second-order valence-corrected chi connectivity index (χ2v) is 4.56. The summed E-state index contributed by atoms with van der Waals surface area (Å²) in [4.78, 5) is 15.0. The Kier molecular flexibility index (Phi) is 3.16. The number of nitrogens with zero attached hydrogens (tertiary/aromatic N) is 3. The maximum absolute atomic E-state index is 11.0. The third kappa shape index (κ3) is 2.25. The van der Waals surface area contributed by atoms with Crippen LogP contribution in [0, 0.1) is 10.1 Å². The van der Waals surface area contributed by atoms with E-state index in [0.29, 0.717) is 13.0 Å². The van der Waals surface area contributed by atoms with Crippen LogP contribution in [0.4, 0.5) is 5.69 Å². The topological polar surface area (TPSA) is 61.0 Å². The number of benzene rings is 2. The average molecular weight is 267 g/mol. The van der Waals surface area contributed by atoms with E-state index < -0.39 is 0 Å². The first-order chi connectivity index (χ1) is 9.75. The van der Waals surface area contributed by atoms with Crippen molar-refractivity contribution in [2.45, 2.75) is 13.0 Å². The number of hydrogen-bond acceptors (Lipinski definition) is 3. The molecule has 5 nitrogen and oxygen atoms in total. The lowest BCUT2D eigenvalue weighted by molar-refractivity contribution is -0.385. The number of hydrogen-bond donors (Lipinski definition) is 0. The number of imidazole rings is 1. The SMILES string of the molecule is O=[N+]([O-])c1ccccc1CCn1cnc2ccccc21. The predicted molar refractivity (Wildman–Crippen MR) is 76.5 cm³/mol. The smallest absolute Gasteiger partial charge is 0.272 e. The van der Waals surface area contributed by atoms with Crippen LogP contribution in [0.15, 0.2) is 54.9 Å². The number of fused-ring (bicyclic) bond motifs is 1. The van der Waals surface area contributed by atoms with Crippen molar-refractivity contribution in [2.75, 3.05) is 0 Å². The first-order valence-corrected chi connectivity index (χ1v) is 6.38. The predicted octanol–water partition coefficient (Wildman–Crippen LogP) is 3.19. The highest BCUT2D eigenvalue weighted by molar-refractivity contribution is 5.74. The second kappa shape index (κ2) is 5.13. The number of para-hydroxylation sites is 3. The lowest BCUT2D eigenvalue weighted by atomic mass is 10.1. The molecule has 0 amide bonds. The normalized spacial score (nSPS) is 10.8. The fraction of sp³-hybridized carbons (Fsp3) is 0.133. The molecule has 0 fully saturated rings. The van der Waals surface area contributed by atoms with Crippen LogP contribution in [0.2, 0.25) is 0 Å². The Morgan fingerprint density at radius 3 is 2.70 bits per heavy atom. The summed E-state index contributed by atoms with van der Waals surface area (Å²) in [5.74, 6) is 0. The largest absolute Gasteiger partial charge is 0.330 e. The van der Waals surface area contributed by atoms with Gasteiger partial charge in [0.2, 0.25) is 0 Å². The van der Waals surface area contributed by atoms with Crippen molar-refractivity contribution < 1.29 is 4.92 Å². The zero-order chi connectivity index (χ0) is 13.9. The molecule has 0 atom stereocenters. The Morgan fingerprint density at radius 1 is 1.10 bits per heavy atom. The summed E-state index contributed by atoms with van der Waals surface area (Å²) in [5, 5.41) is 11.0. The Balaban J connectivity index is 1.85. The molecule has 0 saturated heterocycles. The molecule has 5 heteroatoms. The third-order valence-corrected chi connectivity index (χ3v) is 3.34. The summed E-state index contributed by atoms with van der Waals surface area (Å²) in [7, 11) is 0. The van der Waals surface area contributed by atoms with Crippen LogP contribution in [0.1, 0.15) is 5.56 Å². The highest BCUT2D eigenvalue weighted by Crippen LogP contribution is 2.19. The van der Waals surface area contributed by atoms with E-state index in [1.807, 2.05) is 34.9 Å². The molecule has 100 valence electrons. The third-order valence-electron chi connectivity index (χ3n) is 3.34. The fourth-order valence-electron chi connectivity index (χ4n) is 2.33. The second-order valence-electron chi connectivity index (χ2n) is 4.56. The number of aromatic nitrogens is 2. The van der Waals surface area contributed by atoms with Gasteiger partial charge in [-0.05, 0) is 18.6 Å². The summed E-state index contributed by atoms with van der Waals surface area (Å²) in [6, 6.07) is 14.7. The minimum atomic E-state index is -0.332. The van der Waals surface area contributed by atoms with Gasteiger partial charge >= 0.3 is 0 Å². The minimum Gasteiger partial charge on any atom is -0.330 e. The number of nitro groups is 1. The molecule has 0 radical (unpaired) electrons. The summed E-state index contributed by atoms with van der Waals surface area (Å²) < 4.78 is 2.02. The van der Waals surface area contributed by atoms with Crippen molar-refractivity contribution in [3.8, 4) is 0 Å². The minimum absolute atomic E-state index is 0.178. The van der Waals surface area contributed by atoms with Gasteiger partial charge in [0.1, 0.15) is 0 Å². The summed E-state index contributed by atoms with van der Waals surface area (Å²) in [5.41, 5.74) is 2.91. The molecule has 3 aromatic rings. The molecule has 2 aromatic carbocycles. The van der Waals surface area contributed by atoms with Gasteiger partial charge in [-0.15, -0.1) is 0 Å². The molecular weight excluding hydrogens is 254 g/mol. The highest BCUT2D eigenvalue weighted by Gasteiger charge is 2.12. The van der Waals surface area contributed by atoms with Gasteiger partial charge in [-0.25, -0.2) is 4.98 Å². The van der Waals surface area contributed by atoms with Gasteiger partial charge in [-0.2, -0.15) is 0 Å². The Hall–Kier alpha value is -2.69. The maximum Gasteiger partial charge on any atom is 0.272 e. The first kappa shape index (κ1) is 12.3. The molecule has 20 heavy (non-hydrogen) atoms. The van der Waals surface area contributed by atoms with Gasteiger partial charge in [0.25, 0.3) is 5.69 Å². The Bertz CT molecular complexity index is 764. The van der Waals surface area contributed by atoms with Crippen molar-refractivity contribution in [3.05, 3.63) is 70.5 Å². The summed E-state index contributed by atoms with van der Waals surface area (Å²) in [6.07, 6.45) is 2.39. The van der Waals surface area contributed by atoms with Gasteiger partial charge < -0.3 is 4.57 Å². The molecule has 3 rings (SSSR count). The van der Waals surface area contributed by atoms with E-state index in [0.717, 1.165) is 16.6 Å². The van der Waals surface area contributed by atoms with Crippen LogP contribution in [-0.4, -0.2) is 14.5 Å². The average Bonchev–Trinajstić information content (AvgIpc) is 2.88. The number of nitro benzene ring substituents is 1. The van der Waals surface area contributed by atoms with Gasteiger partial charge in [0, 0.05) is 18.2 Å². The van der Waals surface area contributed by atoms with Crippen molar-refractivity contribution in [2.24, 2.45) is 0 Å². The van der Waals surface area contributed by atoms with Crippen LogP contribution >= 0.6 is 0 Å². The van der Waals surface area contributed by atoms with E-state index in [1.165, 1.54) is 0 Å². The standard InChI is InChI=1S/C15H13N3O2/c19-18(20)14-7-3-1-5-12(14)9-10-17-11-16-13-6-2-4-8-15(13)17/h1-8,11H,9-10H2. The van der Waals surface area contributed by atoms with E-state index >= 15 is 0 Å². The molecule has 1 heterocycles. The lowest BCUT2D eigenvalue weighted by Crippen LogP contribution is -2.02. The van der Waals surface area contributed by atoms with E-state index in [1.54, 1.807) is 24.5 Å². The molecule has 1 aromatic heterocycles. The molecule has 0 aliphatic carbocycles. The highest BCUT2D eigenvalue weighted by atomic mass is 16.6. The summed E-state index contributed by atoms with van der Waals surface area (Å²) >= 11 is 0. The van der Waals surface area contributed by atoms with Gasteiger partial charge in [0.05, 0.1) is 22.3 Å². The molecule has 0 unspecified atom stereocenters. The van der Waals surface area contributed by atoms with Crippen LogP contribution in [0.3, 0.4) is 0 Å². The molecule has 0 saturated carbocycles. The zero-order valence-corrected chi connectivity index (χ0v) is 10.8. The van der Waals surface area contributed by atoms with E-state index in [9.17, 15) is 10.1 Å². The molecule has 0 aliphatic heterocycles. The maximum atomic E-state index is 11.0. The first-order valence-electron chi connectivity index (χ1n) is 6.38. The molecule has 0 spiro atoms. The quantitative estimate of drug-likeness (QED) is 0.538. The van der Waals surface area contributed by atoms with Gasteiger partial charge in [-0.1, -0.05) is 30.3 Å². The molecular formula is C15H13N3O2. The van der Waals surface area contributed by atoms with Crippen LogP contribution < -0.4 is 0 Å². The summed E-state index contributed by atoms with van der Waals surface area (Å²) in [6.45, 7) is 0.672. The Morgan fingerprint density at radius 2 is 1.85 bits per heavy atom. The molecule has 0 aliphatic rings. The van der Waals surface area contributed by atoms with E-state index in [4.69, 9.17) is 0 Å². The van der Waals surface area contributed by atoms with Crippen molar-refractivity contribution in [1.29, 1.82) is 0 Å². The fourth-order valence-corrected chi connectivity index (χ4v) is 2.33. The van der Waals surface area contributed by atoms with Crippen LogP contribution in [0.25, 0.3) is 11.0 Å². The molecule has 0 bridgehead atoms. The van der Waals surface area contributed by atoms with Crippen LogP contribution in [-0.2, 0) is 13.0 Å². The number of rotatable bonds is 4. The number of aryl methyl sites for hydroxylation is 2. The van der Waals surface area contributed by atoms with Crippen LogP contribution in [0.5, 0.6) is 0 Å². The monoisotopic (exact) mass is 267 g/mol. The van der Waals surface area contributed by atoms with Crippen molar-refractivity contribution in [1.82, 2.24) is 9.55 Å². The van der Waals surface area contributed by atoms with Crippen molar-refractivity contribution in [3.63, 3.8) is 0 Å².